The van der Waals surface area contributed by atoms with E-state index in [0.717, 1.165) is 15.7 Å². The van der Waals surface area contributed by atoms with Crippen molar-refractivity contribution >= 4 is 19.7 Å². The molecule has 0 aromatic rings. The zero-order valence-corrected chi connectivity index (χ0v) is 7.42. The van der Waals surface area contributed by atoms with E-state index >= 15 is 0 Å². The topological polar surface area (TPSA) is 34.1 Å². The Kier molecular flexibility index (Phi) is 1.92. The third-order valence-corrected chi connectivity index (χ3v) is 4.97. The van der Waals surface area contributed by atoms with Gasteiger partial charge in [0.15, 0.2) is 0 Å². The fourth-order valence-electron chi connectivity index (χ4n) is 0.585. The number of hydrogen-bond acceptors (Lipinski definition) is 3. The molecule has 0 aliphatic carbocycles. The first-order chi connectivity index (χ1) is 4.52. The molecule has 1 aliphatic rings. The van der Waals surface area contributed by atoms with Gasteiger partial charge in [-0.15, -0.1) is 0 Å². The molecular formula is C6H8O2S2. The van der Waals surface area contributed by atoms with Crippen LogP contribution in [-0.2, 0) is 8.87 Å². The Labute approximate surface area is 64.3 Å². The van der Waals surface area contributed by atoms with E-state index in [2.05, 4.69) is 0 Å². The number of allylic oxidation sites excluding steroid dienone is 4. The highest BCUT2D eigenvalue weighted by atomic mass is 33.1. The van der Waals surface area contributed by atoms with Crippen LogP contribution in [0.1, 0.15) is 13.8 Å². The van der Waals surface area contributed by atoms with Gasteiger partial charge in [-0.1, -0.05) is 6.08 Å². The van der Waals surface area contributed by atoms with Crippen molar-refractivity contribution in [2.24, 2.45) is 0 Å². The highest BCUT2D eigenvalue weighted by Crippen LogP contribution is 2.32. The zero-order chi connectivity index (χ0) is 7.78. The van der Waals surface area contributed by atoms with Crippen LogP contribution in [0.3, 0.4) is 0 Å². The molecule has 0 aromatic carbocycles. The average molecular weight is 176 g/mol. The quantitative estimate of drug-likeness (QED) is 0.528. The lowest BCUT2D eigenvalue weighted by molar-refractivity contribution is 0.615. The smallest absolute Gasteiger partial charge is 0.212 e. The molecule has 0 spiro atoms. The highest BCUT2D eigenvalue weighted by Gasteiger charge is 2.17. The maximum Gasteiger partial charge on any atom is 0.230 e. The summed E-state index contributed by atoms with van der Waals surface area (Å²) in [5, 5.41) is 0. The monoisotopic (exact) mass is 176 g/mol. The Hall–Kier alpha value is -0.220. The first-order valence-corrected chi connectivity index (χ1v) is 5.64. The third kappa shape index (κ3) is 1.44. The van der Waals surface area contributed by atoms with Crippen LogP contribution in [0, 0.1) is 0 Å². The largest absolute Gasteiger partial charge is 0.230 e. The summed E-state index contributed by atoms with van der Waals surface area (Å²) in [7, 11) is -2.08. The molecule has 0 saturated carbocycles. The SMILES string of the molecule is CC1=CC=C(C)S(=O)(=O)S1. The molecule has 0 bridgehead atoms. The Morgan fingerprint density at radius 3 is 2.30 bits per heavy atom. The average Bonchev–Trinajstić information content (AvgIpc) is 1.78. The summed E-state index contributed by atoms with van der Waals surface area (Å²) in [6, 6.07) is 0. The second-order valence-corrected chi connectivity index (χ2v) is 6.27. The maximum absolute atomic E-state index is 11.0. The lowest BCUT2D eigenvalue weighted by atomic mass is 10.4. The molecule has 10 heavy (non-hydrogen) atoms. The summed E-state index contributed by atoms with van der Waals surface area (Å²) in [6.45, 7) is 3.39. The molecule has 2 nitrogen and oxygen atoms in total. The van der Waals surface area contributed by atoms with Crippen molar-refractivity contribution in [3.05, 3.63) is 22.0 Å². The van der Waals surface area contributed by atoms with E-state index in [-0.39, 0.29) is 0 Å². The van der Waals surface area contributed by atoms with Crippen molar-refractivity contribution in [1.29, 1.82) is 0 Å². The van der Waals surface area contributed by atoms with Crippen LogP contribution in [0.2, 0.25) is 0 Å². The number of hydrogen-bond donors (Lipinski definition) is 0. The van der Waals surface area contributed by atoms with Gasteiger partial charge in [-0.2, -0.15) is 0 Å². The summed E-state index contributed by atoms with van der Waals surface area (Å²) < 4.78 is 22.1. The van der Waals surface area contributed by atoms with Crippen molar-refractivity contribution in [2.75, 3.05) is 0 Å². The Morgan fingerprint density at radius 2 is 1.90 bits per heavy atom. The molecule has 56 valence electrons. The van der Waals surface area contributed by atoms with Gasteiger partial charge in [-0.05, 0) is 24.8 Å². The van der Waals surface area contributed by atoms with Gasteiger partial charge in [0.1, 0.15) is 0 Å². The number of rotatable bonds is 0. The van der Waals surface area contributed by atoms with Crippen molar-refractivity contribution < 1.29 is 8.42 Å². The van der Waals surface area contributed by atoms with Gasteiger partial charge in [0, 0.05) is 10.8 Å². The standard InChI is InChI=1S/C6H8O2S2/c1-5-3-4-6(2)10(7,8)9-5/h3-4H,1-2H3. The highest BCUT2D eigenvalue weighted by molar-refractivity contribution is 8.74. The third-order valence-electron chi connectivity index (χ3n) is 1.19. The Bertz CT molecular complexity index is 296. The molecular weight excluding hydrogens is 168 g/mol. The van der Waals surface area contributed by atoms with Crippen LogP contribution >= 0.6 is 10.8 Å². The van der Waals surface area contributed by atoms with Gasteiger partial charge in [0.2, 0.25) is 8.87 Å². The van der Waals surface area contributed by atoms with Gasteiger partial charge >= 0.3 is 0 Å². The minimum atomic E-state index is -3.00. The van der Waals surface area contributed by atoms with Crippen LogP contribution in [0.25, 0.3) is 0 Å². The van der Waals surface area contributed by atoms with Crippen molar-refractivity contribution in [3.8, 4) is 0 Å². The molecule has 4 heteroatoms. The lowest BCUT2D eigenvalue weighted by Crippen LogP contribution is -1.97. The molecule has 0 radical (unpaired) electrons. The molecule has 0 aromatic heterocycles. The van der Waals surface area contributed by atoms with Gasteiger partial charge in [0.05, 0.1) is 4.91 Å². The van der Waals surface area contributed by atoms with Gasteiger partial charge < -0.3 is 0 Å². The van der Waals surface area contributed by atoms with Crippen LogP contribution in [-0.4, -0.2) is 8.42 Å². The summed E-state index contributed by atoms with van der Waals surface area (Å²) in [5.41, 5.74) is 0. The fraction of sp³-hybridized carbons (Fsp3) is 0.333. The summed E-state index contributed by atoms with van der Waals surface area (Å²) >= 11 is 0. The minimum absolute atomic E-state index is 0.433. The predicted molar refractivity (Wildman–Crippen MR) is 44.0 cm³/mol. The van der Waals surface area contributed by atoms with E-state index in [1.54, 1.807) is 26.0 Å². The summed E-state index contributed by atoms with van der Waals surface area (Å²) in [5.74, 6) is 0. The van der Waals surface area contributed by atoms with Crippen molar-refractivity contribution in [1.82, 2.24) is 0 Å². The summed E-state index contributed by atoms with van der Waals surface area (Å²) in [6.07, 6.45) is 3.43. The molecule has 0 amide bonds. The van der Waals surface area contributed by atoms with Crippen molar-refractivity contribution in [2.45, 2.75) is 13.8 Å². The van der Waals surface area contributed by atoms with E-state index in [1.807, 2.05) is 0 Å². The molecule has 0 atom stereocenters. The first-order valence-electron chi connectivity index (χ1n) is 2.82. The Morgan fingerprint density at radius 1 is 1.30 bits per heavy atom. The van der Waals surface area contributed by atoms with Crippen LogP contribution in [0.15, 0.2) is 22.0 Å². The fourth-order valence-corrected chi connectivity index (χ4v) is 3.19. The minimum Gasteiger partial charge on any atom is -0.212 e. The van der Waals surface area contributed by atoms with Crippen LogP contribution < -0.4 is 0 Å². The van der Waals surface area contributed by atoms with Gasteiger partial charge in [-0.3, -0.25) is 0 Å². The van der Waals surface area contributed by atoms with Gasteiger partial charge in [-0.25, -0.2) is 8.42 Å². The van der Waals surface area contributed by atoms with E-state index in [4.69, 9.17) is 0 Å². The normalized spacial score (nSPS) is 23.4. The second kappa shape index (κ2) is 2.43. The Balaban J connectivity index is 3.14. The van der Waals surface area contributed by atoms with E-state index in [9.17, 15) is 8.42 Å². The summed E-state index contributed by atoms with van der Waals surface area (Å²) in [4.78, 5) is 1.26. The molecule has 0 unspecified atom stereocenters. The van der Waals surface area contributed by atoms with Crippen molar-refractivity contribution in [3.63, 3.8) is 0 Å². The van der Waals surface area contributed by atoms with Gasteiger partial charge in [0.25, 0.3) is 0 Å². The van der Waals surface area contributed by atoms with E-state index < -0.39 is 8.87 Å². The molecule has 0 fully saturated rings. The molecule has 1 rings (SSSR count). The second-order valence-electron chi connectivity index (χ2n) is 2.09. The van der Waals surface area contributed by atoms with E-state index in [0.29, 0.717) is 4.91 Å². The van der Waals surface area contributed by atoms with Crippen LogP contribution in [0.5, 0.6) is 0 Å². The van der Waals surface area contributed by atoms with E-state index in [1.165, 1.54) is 0 Å². The molecule has 0 saturated heterocycles. The predicted octanol–water partition coefficient (Wildman–Crippen LogP) is 1.87. The zero-order valence-electron chi connectivity index (χ0n) is 5.79. The molecule has 1 heterocycles. The molecule has 0 N–H and O–H groups in total. The first kappa shape index (κ1) is 7.88. The maximum atomic E-state index is 11.0. The molecule has 1 aliphatic heterocycles. The lowest BCUT2D eigenvalue weighted by Gasteiger charge is -2.06. The van der Waals surface area contributed by atoms with Crippen LogP contribution in [0.4, 0.5) is 0 Å².